The summed E-state index contributed by atoms with van der Waals surface area (Å²) in [5, 5.41) is 4.92. The van der Waals surface area contributed by atoms with Gasteiger partial charge in [0.05, 0.1) is 6.61 Å². The smallest absolute Gasteiger partial charge is 0.341 e. The van der Waals surface area contributed by atoms with E-state index in [1.165, 1.54) is 18.3 Å². The van der Waals surface area contributed by atoms with Crippen molar-refractivity contribution < 1.29 is 23.8 Å². The molecule has 1 aromatic heterocycles. The highest BCUT2D eigenvalue weighted by Crippen LogP contribution is 2.40. The summed E-state index contributed by atoms with van der Waals surface area (Å²) in [6.07, 6.45) is -0.446. The van der Waals surface area contributed by atoms with Gasteiger partial charge in [-0.15, -0.1) is 11.3 Å². The van der Waals surface area contributed by atoms with Crippen LogP contribution in [0.15, 0.2) is 29.6 Å². The van der Waals surface area contributed by atoms with Gasteiger partial charge in [0, 0.05) is 17.9 Å². The lowest BCUT2D eigenvalue weighted by Gasteiger charge is -2.26. The van der Waals surface area contributed by atoms with Gasteiger partial charge in [-0.25, -0.2) is 4.79 Å². The number of amides is 1. The Morgan fingerprint density at radius 3 is 2.79 bits per heavy atom. The van der Waals surface area contributed by atoms with Gasteiger partial charge in [0.2, 0.25) is 5.91 Å². The highest BCUT2D eigenvalue weighted by atomic mass is 32.1. The van der Waals surface area contributed by atoms with E-state index in [9.17, 15) is 9.59 Å². The van der Waals surface area contributed by atoms with E-state index in [2.05, 4.69) is 5.32 Å². The minimum absolute atomic E-state index is 0.249. The number of rotatable bonds is 4. The molecule has 1 atom stereocenters. The monoisotopic (exact) mass is 347 g/mol. The molecule has 0 radical (unpaired) electrons. The normalized spacial score (nSPS) is 15.7. The fourth-order valence-corrected chi connectivity index (χ4v) is 3.48. The van der Waals surface area contributed by atoms with Crippen LogP contribution >= 0.6 is 11.3 Å². The summed E-state index contributed by atoms with van der Waals surface area (Å²) >= 11 is 1.27. The van der Waals surface area contributed by atoms with Crippen molar-refractivity contribution in [3.05, 3.63) is 40.8 Å². The number of para-hydroxylation sites is 2. The molecule has 2 heterocycles. The first kappa shape index (κ1) is 16.3. The average Bonchev–Trinajstić information content (AvgIpc) is 2.97. The first-order valence-electron chi connectivity index (χ1n) is 7.54. The second-order valence-corrected chi connectivity index (χ2v) is 6.04. The zero-order chi connectivity index (χ0) is 17.1. The van der Waals surface area contributed by atoms with Crippen LogP contribution in [0.3, 0.4) is 0 Å². The van der Waals surface area contributed by atoms with Gasteiger partial charge in [-0.3, -0.25) is 4.79 Å². The molecule has 6 nitrogen and oxygen atoms in total. The Bertz CT molecular complexity index is 770. The van der Waals surface area contributed by atoms with E-state index < -0.39 is 12.1 Å². The molecule has 1 aliphatic rings. The zero-order valence-electron chi connectivity index (χ0n) is 13.3. The Labute approximate surface area is 143 Å². The summed E-state index contributed by atoms with van der Waals surface area (Å²) in [6, 6.07) is 7.36. The summed E-state index contributed by atoms with van der Waals surface area (Å²) in [5.41, 5.74) is 0.974. The number of fused-ring (bicyclic) bond motifs is 1. The van der Waals surface area contributed by atoms with Crippen molar-refractivity contribution in [2.75, 3.05) is 18.5 Å². The molecule has 1 aromatic carbocycles. The van der Waals surface area contributed by atoms with Crippen molar-refractivity contribution in [1.29, 1.82) is 0 Å². The molecular formula is C17H17NO5S. The molecule has 0 saturated heterocycles. The van der Waals surface area contributed by atoms with E-state index >= 15 is 0 Å². The molecule has 24 heavy (non-hydrogen) atoms. The maximum Gasteiger partial charge on any atom is 0.341 e. The van der Waals surface area contributed by atoms with E-state index in [0.717, 1.165) is 0 Å². The SMILES string of the molecule is CCOC(=O)c1c([C@@H]2COc3ccccc3O2)csc1NC(C)=O. The Morgan fingerprint density at radius 1 is 1.33 bits per heavy atom. The second-order valence-electron chi connectivity index (χ2n) is 5.16. The molecule has 126 valence electrons. The number of hydrogen-bond acceptors (Lipinski definition) is 6. The molecule has 0 unspecified atom stereocenters. The molecule has 1 N–H and O–H groups in total. The predicted molar refractivity (Wildman–Crippen MR) is 89.9 cm³/mol. The maximum atomic E-state index is 12.4. The molecule has 0 bridgehead atoms. The van der Waals surface area contributed by atoms with Crippen LogP contribution in [0.4, 0.5) is 5.00 Å². The Balaban J connectivity index is 1.94. The number of benzene rings is 1. The zero-order valence-corrected chi connectivity index (χ0v) is 14.1. The molecule has 2 aromatic rings. The number of anilines is 1. The summed E-state index contributed by atoms with van der Waals surface area (Å²) < 4.78 is 16.8. The Morgan fingerprint density at radius 2 is 2.08 bits per heavy atom. The molecule has 1 aliphatic heterocycles. The molecule has 7 heteroatoms. The van der Waals surface area contributed by atoms with Gasteiger partial charge in [0.15, 0.2) is 17.6 Å². The molecule has 0 saturated carbocycles. The fraction of sp³-hybridized carbons (Fsp3) is 0.294. The van der Waals surface area contributed by atoms with E-state index in [4.69, 9.17) is 14.2 Å². The number of nitrogens with one attached hydrogen (secondary N) is 1. The van der Waals surface area contributed by atoms with Crippen molar-refractivity contribution in [3.8, 4) is 11.5 Å². The topological polar surface area (TPSA) is 73.9 Å². The quantitative estimate of drug-likeness (QED) is 0.858. The van der Waals surface area contributed by atoms with Crippen LogP contribution in [0.5, 0.6) is 11.5 Å². The average molecular weight is 347 g/mol. The lowest BCUT2D eigenvalue weighted by molar-refractivity contribution is -0.114. The third kappa shape index (κ3) is 3.21. The Kier molecular flexibility index (Phi) is 4.71. The highest BCUT2D eigenvalue weighted by Gasteiger charge is 2.30. The second kappa shape index (κ2) is 6.92. The minimum Gasteiger partial charge on any atom is -0.485 e. The summed E-state index contributed by atoms with van der Waals surface area (Å²) in [6.45, 7) is 3.65. The van der Waals surface area contributed by atoms with E-state index in [-0.39, 0.29) is 19.1 Å². The van der Waals surface area contributed by atoms with Gasteiger partial charge in [0.1, 0.15) is 17.2 Å². The number of ether oxygens (including phenoxy) is 3. The van der Waals surface area contributed by atoms with E-state index in [1.54, 1.807) is 12.3 Å². The van der Waals surface area contributed by atoms with Crippen LogP contribution in [0.2, 0.25) is 0 Å². The number of hydrogen-bond donors (Lipinski definition) is 1. The van der Waals surface area contributed by atoms with Gasteiger partial charge < -0.3 is 19.5 Å². The molecular weight excluding hydrogens is 330 g/mol. The van der Waals surface area contributed by atoms with Gasteiger partial charge in [-0.1, -0.05) is 12.1 Å². The number of carbonyl (C=O) groups excluding carboxylic acids is 2. The fourth-order valence-electron chi connectivity index (χ4n) is 2.45. The van der Waals surface area contributed by atoms with E-state index in [0.29, 0.717) is 27.6 Å². The predicted octanol–water partition coefficient (Wildman–Crippen LogP) is 3.40. The minimum atomic E-state index is -0.486. The summed E-state index contributed by atoms with van der Waals surface area (Å²) in [4.78, 5) is 23.7. The van der Waals surface area contributed by atoms with Crippen molar-refractivity contribution in [3.63, 3.8) is 0 Å². The van der Waals surface area contributed by atoms with Crippen LogP contribution in [0.1, 0.15) is 35.9 Å². The van der Waals surface area contributed by atoms with Gasteiger partial charge in [-0.05, 0) is 19.1 Å². The number of carbonyl (C=O) groups is 2. The lowest BCUT2D eigenvalue weighted by Crippen LogP contribution is -2.23. The van der Waals surface area contributed by atoms with Gasteiger partial charge in [-0.2, -0.15) is 0 Å². The molecule has 0 spiro atoms. The highest BCUT2D eigenvalue weighted by molar-refractivity contribution is 7.15. The van der Waals surface area contributed by atoms with Gasteiger partial charge >= 0.3 is 5.97 Å². The van der Waals surface area contributed by atoms with E-state index in [1.807, 2.05) is 24.3 Å². The van der Waals surface area contributed by atoms with Gasteiger partial charge in [0.25, 0.3) is 0 Å². The van der Waals surface area contributed by atoms with Crippen LogP contribution < -0.4 is 14.8 Å². The maximum absolute atomic E-state index is 12.4. The van der Waals surface area contributed by atoms with Crippen molar-refractivity contribution in [1.82, 2.24) is 0 Å². The summed E-state index contributed by atoms with van der Waals surface area (Å²) in [5.74, 6) is 0.555. The molecule has 0 aliphatic carbocycles. The molecule has 3 rings (SSSR count). The largest absolute Gasteiger partial charge is 0.485 e. The standard InChI is InChI=1S/C17H17NO5S/c1-3-21-17(20)15-11(9-24-16(15)18-10(2)19)14-8-22-12-6-4-5-7-13(12)23-14/h4-7,9,14H,3,8H2,1-2H3,(H,18,19)/t14-/m0/s1. The lowest BCUT2D eigenvalue weighted by atomic mass is 10.1. The first-order chi connectivity index (χ1) is 11.6. The molecule has 0 fully saturated rings. The van der Waals surface area contributed by atoms with Crippen LogP contribution in [-0.4, -0.2) is 25.1 Å². The van der Waals surface area contributed by atoms with Crippen molar-refractivity contribution >= 4 is 28.2 Å². The third-order valence-corrected chi connectivity index (χ3v) is 4.36. The third-order valence-electron chi connectivity index (χ3n) is 3.44. The Hall–Kier alpha value is -2.54. The number of thiophene rings is 1. The van der Waals surface area contributed by atoms with Crippen molar-refractivity contribution in [2.24, 2.45) is 0 Å². The van der Waals surface area contributed by atoms with Crippen LogP contribution in [0.25, 0.3) is 0 Å². The molecule has 1 amide bonds. The van der Waals surface area contributed by atoms with Crippen LogP contribution in [-0.2, 0) is 9.53 Å². The van der Waals surface area contributed by atoms with Crippen LogP contribution in [0, 0.1) is 0 Å². The number of esters is 1. The summed E-state index contributed by atoms with van der Waals surface area (Å²) in [7, 11) is 0. The van der Waals surface area contributed by atoms with Crippen molar-refractivity contribution in [2.45, 2.75) is 20.0 Å². The first-order valence-corrected chi connectivity index (χ1v) is 8.42.